The van der Waals surface area contributed by atoms with E-state index in [4.69, 9.17) is 0 Å². The number of aromatic amines is 1. The van der Waals surface area contributed by atoms with Crippen molar-refractivity contribution >= 4 is 17.4 Å². The van der Waals surface area contributed by atoms with E-state index in [0.29, 0.717) is 12.2 Å². The lowest BCUT2D eigenvalue weighted by Gasteiger charge is -2.23. The SMILES string of the molecule is CCc1[nH]nc2c1C(c1ccn3ncnc3c1)CC(=O)N2. The van der Waals surface area contributed by atoms with Gasteiger partial charge in [0, 0.05) is 29.8 Å². The fourth-order valence-corrected chi connectivity index (χ4v) is 2.93. The Morgan fingerprint density at radius 3 is 3.24 bits per heavy atom. The van der Waals surface area contributed by atoms with Crippen LogP contribution in [0.4, 0.5) is 5.82 Å². The molecule has 1 aliphatic heterocycles. The molecule has 3 aromatic rings. The van der Waals surface area contributed by atoms with Crippen LogP contribution in [-0.2, 0) is 11.2 Å². The molecule has 0 spiro atoms. The van der Waals surface area contributed by atoms with Crippen LogP contribution in [0.5, 0.6) is 0 Å². The molecule has 1 unspecified atom stereocenters. The van der Waals surface area contributed by atoms with E-state index in [-0.39, 0.29) is 11.8 Å². The molecule has 4 rings (SSSR count). The maximum absolute atomic E-state index is 11.9. The number of amides is 1. The summed E-state index contributed by atoms with van der Waals surface area (Å²) in [6, 6.07) is 3.97. The third-order valence-corrected chi connectivity index (χ3v) is 3.94. The van der Waals surface area contributed by atoms with E-state index >= 15 is 0 Å². The van der Waals surface area contributed by atoms with Crippen molar-refractivity contribution in [3.63, 3.8) is 0 Å². The molecular weight excluding hydrogens is 268 g/mol. The number of pyridine rings is 1. The van der Waals surface area contributed by atoms with Crippen LogP contribution in [0.15, 0.2) is 24.7 Å². The Morgan fingerprint density at radius 1 is 1.48 bits per heavy atom. The fraction of sp³-hybridized carbons (Fsp3) is 0.286. The molecule has 2 N–H and O–H groups in total. The molecule has 0 aliphatic carbocycles. The van der Waals surface area contributed by atoms with Gasteiger partial charge in [0.2, 0.25) is 5.91 Å². The maximum atomic E-state index is 11.9. The zero-order chi connectivity index (χ0) is 14.4. The third-order valence-electron chi connectivity index (χ3n) is 3.94. The lowest BCUT2D eigenvalue weighted by atomic mass is 9.85. The molecule has 7 heteroatoms. The number of hydrogen-bond donors (Lipinski definition) is 2. The number of carbonyl (C=O) groups excluding carboxylic acids is 1. The molecule has 0 saturated carbocycles. The zero-order valence-electron chi connectivity index (χ0n) is 11.5. The quantitative estimate of drug-likeness (QED) is 0.745. The number of aryl methyl sites for hydroxylation is 1. The fourth-order valence-electron chi connectivity index (χ4n) is 2.93. The van der Waals surface area contributed by atoms with Gasteiger partial charge in [-0.2, -0.15) is 10.2 Å². The molecule has 0 fully saturated rings. The first-order valence-electron chi connectivity index (χ1n) is 6.92. The van der Waals surface area contributed by atoms with Gasteiger partial charge in [-0.05, 0) is 24.1 Å². The highest BCUT2D eigenvalue weighted by atomic mass is 16.1. The molecule has 1 amide bonds. The summed E-state index contributed by atoms with van der Waals surface area (Å²) in [6.07, 6.45) is 4.66. The van der Waals surface area contributed by atoms with Crippen LogP contribution in [0.3, 0.4) is 0 Å². The van der Waals surface area contributed by atoms with Crippen molar-refractivity contribution in [2.75, 3.05) is 5.32 Å². The van der Waals surface area contributed by atoms with Gasteiger partial charge in [-0.1, -0.05) is 6.92 Å². The summed E-state index contributed by atoms with van der Waals surface area (Å²) in [5.41, 5.74) is 3.99. The Kier molecular flexibility index (Phi) is 2.53. The van der Waals surface area contributed by atoms with E-state index in [1.807, 2.05) is 18.3 Å². The van der Waals surface area contributed by atoms with Crippen LogP contribution < -0.4 is 5.32 Å². The van der Waals surface area contributed by atoms with Crippen molar-refractivity contribution in [1.29, 1.82) is 0 Å². The van der Waals surface area contributed by atoms with Gasteiger partial charge in [0.1, 0.15) is 6.33 Å². The Hall–Kier alpha value is -2.70. The largest absolute Gasteiger partial charge is 0.309 e. The monoisotopic (exact) mass is 282 g/mol. The van der Waals surface area contributed by atoms with Gasteiger partial charge >= 0.3 is 0 Å². The van der Waals surface area contributed by atoms with Crippen LogP contribution in [0.25, 0.3) is 5.65 Å². The second-order valence-electron chi connectivity index (χ2n) is 5.15. The van der Waals surface area contributed by atoms with Crippen molar-refractivity contribution in [1.82, 2.24) is 24.8 Å². The van der Waals surface area contributed by atoms with Crippen molar-refractivity contribution in [3.8, 4) is 0 Å². The predicted molar refractivity (Wildman–Crippen MR) is 76.0 cm³/mol. The van der Waals surface area contributed by atoms with Crippen molar-refractivity contribution in [3.05, 3.63) is 41.5 Å². The third kappa shape index (κ3) is 1.81. The number of nitrogens with zero attached hydrogens (tertiary/aromatic N) is 4. The van der Waals surface area contributed by atoms with E-state index in [9.17, 15) is 4.79 Å². The number of hydrogen-bond acceptors (Lipinski definition) is 4. The van der Waals surface area contributed by atoms with E-state index in [0.717, 1.165) is 28.9 Å². The number of carbonyl (C=O) groups is 1. The van der Waals surface area contributed by atoms with Crippen LogP contribution >= 0.6 is 0 Å². The molecule has 106 valence electrons. The van der Waals surface area contributed by atoms with E-state index < -0.39 is 0 Å². The number of fused-ring (bicyclic) bond motifs is 2. The van der Waals surface area contributed by atoms with Gasteiger partial charge in [-0.25, -0.2) is 9.50 Å². The highest BCUT2D eigenvalue weighted by Crippen LogP contribution is 2.38. The minimum atomic E-state index is -0.0111. The highest BCUT2D eigenvalue weighted by Gasteiger charge is 2.31. The molecule has 0 aromatic carbocycles. The summed E-state index contributed by atoms with van der Waals surface area (Å²) in [5.74, 6) is 0.640. The highest BCUT2D eigenvalue weighted by molar-refractivity contribution is 5.94. The number of rotatable bonds is 2. The molecule has 1 atom stereocenters. The first kappa shape index (κ1) is 12.1. The van der Waals surface area contributed by atoms with Gasteiger partial charge < -0.3 is 5.32 Å². The Balaban J connectivity index is 1.87. The van der Waals surface area contributed by atoms with E-state index in [1.54, 1.807) is 4.52 Å². The van der Waals surface area contributed by atoms with Gasteiger partial charge in [0.25, 0.3) is 0 Å². The lowest BCUT2D eigenvalue weighted by molar-refractivity contribution is -0.116. The lowest BCUT2D eigenvalue weighted by Crippen LogP contribution is -2.23. The zero-order valence-corrected chi connectivity index (χ0v) is 11.5. The topological polar surface area (TPSA) is 88.0 Å². The van der Waals surface area contributed by atoms with Crippen molar-refractivity contribution < 1.29 is 4.79 Å². The summed E-state index contributed by atoms with van der Waals surface area (Å²) in [6.45, 7) is 2.07. The Morgan fingerprint density at radius 2 is 2.38 bits per heavy atom. The van der Waals surface area contributed by atoms with E-state index in [1.165, 1.54) is 6.33 Å². The van der Waals surface area contributed by atoms with Crippen molar-refractivity contribution in [2.45, 2.75) is 25.7 Å². The van der Waals surface area contributed by atoms with E-state index in [2.05, 4.69) is 32.5 Å². The first-order valence-corrected chi connectivity index (χ1v) is 6.92. The Labute approximate surface area is 120 Å². The van der Waals surface area contributed by atoms with Crippen molar-refractivity contribution in [2.24, 2.45) is 0 Å². The summed E-state index contributed by atoms with van der Waals surface area (Å²) in [7, 11) is 0. The summed E-state index contributed by atoms with van der Waals surface area (Å²) < 4.78 is 1.71. The second kappa shape index (κ2) is 4.41. The van der Waals surface area contributed by atoms with Gasteiger partial charge in [0.05, 0.1) is 0 Å². The van der Waals surface area contributed by atoms with Crippen LogP contribution in [0.2, 0.25) is 0 Å². The second-order valence-corrected chi connectivity index (χ2v) is 5.15. The minimum absolute atomic E-state index is 0.00384. The molecule has 0 radical (unpaired) electrons. The minimum Gasteiger partial charge on any atom is -0.309 e. The smallest absolute Gasteiger partial charge is 0.226 e. The number of H-pyrrole nitrogens is 1. The molecule has 1 aliphatic rings. The van der Waals surface area contributed by atoms with Gasteiger partial charge in [-0.3, -0.25) is 9.89 Å². The number of anilines is 1. The summed E-state index contributed by atoms with van der Waals surface area (Å²) >= 11 is 0. The molecule has 3 aromatic heterocycles. The first-order chi connectivity index (χ1) is 10.3. The molecule has 21 heavy (non-hydrogen) atoms. The summed E-state index contributed by atoms with van der Waals surface area (Å²) in [4.78, 5) is 16.1. The average molecular weight is 282 g/mol. The molecule has 0 bridgehead atoms. The molecule has 4 heterocycles. The van der Waals surface area contributed by atoms with Crippen LogP contribution in [0, 0.1) is 0 Å². The van der Waals surface area contributed by atoms with Crippen LogP contribution in [0.1, 0.15) is 36.1 Å². The van der Waals surface area contributed by atoms with Crippen LogP contribution in [-0.4, -0.2) is 30.7 Å². The number of nitrogens with one attached hydrogen (secondary N) is 2. The number of aromatic nitrogens is 5. The van der Waals surface area contributed by atoms with Gasteiger partial charge in [0.15, 0.2) is 11.5 Å². The average Bonchev–Trinajstić information content (AvgIpc) is 3.11. The molecular formula is C14H14N6O. The predicted octanol–water partition coefficient (Wildman–Crippen LogP) is 1.49. The molecule has 7 nitrogen and oxygen atoms in total. The summed E-state index contributed by atoms with van der Waals surface area (Å²) in [5, 5.41) is 14.2. The standard InChI is InChI=1S/C14H14N6O/c1-2-10-13-9(6-12(21)17-14(13)19-18-10)8-3-4-20-11(5-8)15-7-16-20/h3-5,7,9H,2,6H2,1H3,(H2,17,18,19,21). The Bertz CT molecular complexity index is 833. The normalized spacial score (nSPS) is 17.8. The van der Waals surface area contributed by atoms with Gasteiger partial charge in [-0.15, -0.1) is 0 Å². The maximum Gasteiger partial charge on any atom is 0.226 e. The molecule has 0 saturated heterocycles.